The molecule has 0 bridgehead atoms. The van der Waals surface area contributed by atoms with Gasteiger partial charge < -0.3 is 4.90 Å². The molecule has 4 nitrogen and oxygen atoms in total. The van der Waals surface area contributed by atoms with Crippen LogP contribution in [0.1, 0.15) is 54.1 Å². The first-order valence-electron chi connectivity index (χ1n) is 9.26. The van der Waals surface area contributed by atoms with Crippen LogP contribution in [0.15, 0.2) is 42.5 Å². The molecule has 0 aliphatic carbocycles. The van der Waals surface area contributed by atoms with Crippen LogP contribution < -0.4 is 0 Å². The third kappa shape index (κ3) is 3.82. The lowest BCUT2D eigenvalue weighted by Crippen LogP contribution is -2.29. The van der Waals surface area contributed by atoms with Crippen LogP contribution >= 0.6 is 0 Å². The molecule has 3 aromatic rings. The molecule has 1 aromatic heterocycles. The SMILES string of the molecule is CCc1nc2ccc(C(=O)N(C)[C@H](C)c3ccc(F)cc3)cc2nc1CC. The quantitative estimate of drug-likeness (QED) is 0.657. The highest BCUT2D eigenvalue weighted by atomic mass is 19.1. The molecule has 3 rings (SSSR count). The van der Waals surface area contributed by atoms with E-state index in [4.69, 9.17) is 4.98 Å². The third-order valence-corrected chi connectivity index (χ3v) is 4.99. The molecular formula is C22H24FN3O. The average Bonchev–Trinajstić information content (AvgIpc) is 2.71. The molecule has 1 atom stereocenters. The molecule has 0 saturated carbocycles. The van der Waals surface area contributed by atoms with Crippen molar-refractivity contribution in [3.63, 3.8) is 0 Å². The molecule has 0 aliphatic heterocycles. The first kappa shape index (κ1) is 19.0. The number of amides is 1. The van der Waals surface area contributed by atoms with Crippen molar-refractivity contribution < 1.29 is 9.18 Å². The summed E-state index contributed by atoms with van der Waals surface area (Å²) >= 11 is 0. The maximum absolute atomic E-state index is 13.1. The lowest BCUT2D eigenvalue weighted by Gasteiger charge is -2.25. The van der Waals surface area contributed by atoms with E-state index in [2.05, 4.69) is 18.8 Å². The molecule has 0 N–H and O–H groups in total. The van der Waals surface area contributed by atoms with Crippen molar-refractivity contribution in [3.8, 4) is 0 Å². The number of nitrogens with zero attached hydrogens (tertiary/aromatic N) is 3. The number of aromatic nitrogens is 2. The molecule has 0 unspecified atom stereocenters. The zero-order chi connectivity index (χ0) is 19.6. The summed E-state index contributed by atoms with van der Waals surface area (Å²) in [6.45, 7) is 6.05. The second kappa shape index (κ2) is 7.82. The Morgan fingerprint density at radius 2 is 1.59 bits per heavy atom. The molecule has 1 amide bonds. The van der Waals surface area contributed by atoms with Gasteiger partial charge in [0.2, 0.25) is 0 Å². The summed E-state index contributed by atoms with van der Waals surface area (Å²) in [5.74, 6) is -0.389. The molecule has 0 spiro atoms. The third-order valence-electron chi connectivity index (χ3n) is 4.99. The standard InChI is InChI=1S/C22H24FN3O/c1-5-18-19(6-2)25-21-13-16(9-12-20(21)24-18)22(27)26(4)14(3)15-7-10-17(23)11-8-15/h7-14H,5-6H2,1-4H3/t14-/m1/s1. The Kier molecular flexibility index (Phi) is 5.49. The maximum Gasteiger partial charge on any atom is 0.254 e. The van der Waals surface area contributed by atoms with Crippen LogP contribution in [0.5, 0.6) is 0 Å². The first-order valence-corrected chi connectivity index (χ1v) is 9.26. The molecule has 0 saturated heterocycles. The van der Waals surface area contributed by atoms with Gasteiger partial charge in [0.15, 0.2) is 0 Å². The van der Waals surface area contributed by atoms with E-state index in [-0.39, 0.29) is 17.8 Å². The molecule has 5 heteroatoms. The van der Waals surface area contributed by atoms with E-state index in [0.29, 0.717) is 5.56 Å². The molecule has 140 valence electrons. The Labute approximate surface area is 159 Å². The fourth-order valence-corrected chi connectivity index (χ4v) is 3.17. The van der Waals surface area contributed by atoms with Gasteiger partial charge in [0, 0.05) is 12.6 Å². The van der Waals surface area contributed by atoms with E-state index >= 15 is 0 Å². The van der Waals surface area contributed by atoms with E-state index in [1.54, 1.807) is 36.2 Å². The van der Waals surface area contributed by atoms with Crippen LogP contribution in [-0.2, 0) is 12.8 Å². The number of hydrogen-bond donors (Lipinski definition) is 0. The number of aryl methyl sites for hydroxylation is 2. The summed E-state index contributed by atoms with van der Waals surface area (Å²) in [7, 11) is 1.75. The van der Waals surface area contributed by atoms with Crippen molar-refractivity contribution in [1.82, 2.24) is 14.9 Å². The van der Waals surface area contributed by atoms with Gasteiger partial charge in [-0.15, -0.1) is 0 Å². The summed E-state index contributed by atoms with van der Waals surface area (Å²) in [6, 6.07) is 11.5. The topological polar surface area (TPSA) is 46.1 Å². The smallest absolute Gasteiger partial charge is 0.254 e. The van der Waals surface area contributed by atoms with Crippen molar-refractivity contribution >= 4 is 16.9 Å². The number of carbonyl (C=O) groups excluding carboxylic acids is 1. The number of fused-ring (bicyclic) bond motifs is 1. The van der Waals surface area contributed by atoms with Gasteiger partial charge in [0.05, 0.1) is 28.5 Å². The van der Waals surface area contributed by atoms with Gasteiger partial charge in [0.25, 0.3) is 5.91 Å². The minimum Gasteiger partial charge on any atom is -0.335 e. The van der Waals surface area contributed by atoms with Crippen molar-refractivity contribution in [1.29, 1.82) is 0 Å². The fraction of sp³-hybridized carbons (Fsp3) is 0.318. The highest BCUT2D eigenvalue weighted by molar-refractivity contribution is 5.97. The summed E-state index contributed by atoms with van der Waals surface area (Å²) in [5, 5.41) is 0. The van der Waals surface area contributed by atoms with Gasteiger partial charge >= 0.3 is 0 Å². The van der Waals surface area contributed by atoms with Crippen LogP contribution in [0.4, 0.5) is 4.39 Å². The Morgan fingerprint density at radius 1 is 1.00 bits per heavy atom. The van der Waals surface area contributed by atoms with Crippen molar-refractivity contribution in [2.75, 3.05) is 7.05 Å². The fourth-order valence-electron chi connectivity index (χ4n) is 3.17. The molecule has 1 heterocycles. The normalized spacial score (nSPS) is 12.2. The molecule has 2 aromatic carbocycles. The van der Waals surface area contributed by atoms with Gasteiger partial charge in [-0.2, -0.15) is 0 Å². The Morgan fingerprint density at radius 3 is 2.19 bits per heavy atom. The van der Waals surface area contributed by atoms with E-state index < -0.39 is 0 Å². The van der Waals surface area contributed by atoms with E-state index in [0.717, 1.165) is 40.8 Å². The monoisotopic (exact) mass is 365 g/mol. The molecule has 0 aliphatic rings. The summed E-state index contributed by atoms with van der Waals surface area (Å²) in [5.41, 5.74) is 4.97. The Hall–Kier alpha value is -2.82. The van der Waals surface area contributed by atoms with Crippen molar-refractivity contribution in [2.45, 2.75) is 39.7 Å². The number of carbonyl (C=O) groups is 1. The number of hydrogen-bond acceptors (Lipinski definition) is 3. The van der Waals surface area contributed by atoms with E-state index in [9.17, 15) is 9.18 Å². The summed E-state index contributed by atoms with van der Waals surface area (Å²) in [4.78, 5) is 24.0. The minimum absolute atomic E-state index is 0.104. The van der Waals surface area contributed by atoms with Crippen LogP contribution in [0.3, 0.4) is 0 Å². The highest BCUT2D eigenvalue weighted by Crippen LogP contribution is 2.23. The number of benzene rings is 2. The van der Waals surface area contributed by atoms with Crippen molar-refractivity contribution in [3.05, 3.63) is 70.8 Å². The van der Waals surface area contributed by atoms with Crippen molar-refractivity contribution in [2.24, 2.45) is 0 Å². The summed E-state index contributed by atoms with van der Waals surface area (Å²) in [6.07, 6.45) is 1.65. The zero-order valence-electron chi connectivity index (χ0n) is 16.2. The van der Waals surface area contributed by atoms with Gasteiger partial charge in [0.1, 0.15) is 5.82 Å². The predicted octanol–water partition coefficient (Wildman–Crippen LogP) is 4.73. The lowest BCUT2D eigenvalue weighted by molar-refractivity contribution is 0.0743. The molecule has 0 fully saturated rings. The maximum atomic E-state index is 13.1. The number of halogens is 1. The average molecular weight is 365 g/mol. The van der Waals surface area contributed by atoms with Crippen LogP contribution in [0.2, 0.25) is 0 Å². The highest BCUT2D eigenvalue weighted by Gasteiger charge is 2.20. The van der Waals surface area contributed by atoms with Crippen LogP contribution in [-0.4, -0.2) is 27.8 Å². The molecule has 0 radical (unpaired) electrons. The Balaban J connectivity index is 1.91. The molecule has 27 heavy (non-hydrogen) atoms. The zero-order valence-corrected chi connectivity index (χ0v) is 16.2. The van der Waals surface area contributed by atoms with E-state index in [1.165, 1.54) is 12.1 Å². The van der Waals surface area contributed by atoms with Gasteiger partial charge in [-0.05, 0) is 55.7 Å². The largest absolute Gasteiger partial charge is 0.335 e. The van der Waals surface area contributed by atoms with Gasteiger partial charge in [-0.25, -0.2) is 14.4 Å². The minimum atomic E-state index is -0.286. The summed E-state index contributed by atoms with van der Waals surface area (Å²) < 4.78 is 13.1. The van der Waals surface area contributed by atoms with Crippen LogP contribution in [0, 0.1) is 5.82 Å². The predicted molar refractivity (Wildman–Crippen MR) is 105 cm³/mol. The Bertz CT molecular complexity index is 969. The van der Waals surface area contributed by atoms with E-state index in [1.807, 2.05) is 13.0 Å². The molecular weight excluding hydrogens is 341 g/mol. The van der Waals surface area contributed by atoms with Gasteiger partial charge in [-0.1, -0.05) is 26.0 Å². The lowest BCUT2D eigenvalue weighted by atomic mass is 10.1. The first-order chi connectivity index (χ1) is 12.9. The van der Waals surface area contributed by atoms with Crippen LogP contribution in [0.25, 0.3) is 11.0 Å². The number of rotatable bonds is 5. The second-order valence-electron chi connectivity index (χ2n) is 6.67. The second-order valence-corrected chi connectivity index (χ2v) is 6.67. The van der Waals surface area contributed by atoms with Gasteiger partial charge in [-0.3, -0.25) is 4.79 Å².